The van der Waals surface area contributed by atoms with Crippen LogP contribution in [0.2, 0.25) is 10.0 Å². The molecule has 0 bridgehead atoms. The van der Waals surface area contributed by atoms with Gasteiger partial charge in [0.25, 0.3) is 0 Å². The van der Waals surface area contributed by atoms with E-state index in [0.29, 0.717) is 38.1 Å². The third kappa shape index (κ3) is 8.45. The Morgan fingerprint density at radius 2 is 1.93 bits per heavy atom. The van der Waals surface area contributed by atoms with Crippen LogP contribution in [0.25, 0.3) is 5.69 Å². The maximum atomic E-state index is 12.7. The number of hydrogen-bond acceptors (Lipinski definition) is 7. The van der Waals surface area contributed by atoms with Gasteiger partial charge in [0.15, 0.2) is 0 Å². The molecule has 10 nitrogen and oxygen atoms in total. The number of tetrazole rings is 1. The average molecular weight is 616 g/mol. The molecule has 1 aliphatic carbocycles. The van der Waals surface area contributed by atoms with Gasteiger partial charge in [0.1, 0.15) is 0 Å². The first kappa shape index (κ1) is 30.4. The lowest BCUT2D eigenvalue weighted by Gasteiger charge is -2.22. The topological polar surface area (TPSA) is 139 Å². The number of carboxylic acids is 1. The molecular formula is C28H28Cl2N6O4S. The fourth-order valence-electron chi connectivity index (χ4n) is 3.84. The molecule has 0 saturated heterocycles. The molecular weight excluding hydrogens is 587 g/mol. The van der Waals surface area contributed by atoms with Crippen molar-refractivity contribution in [1.29, 1.82) is 0 Å². The predicted molar refractivity (Wildman–Crippen MR) is 157 cm³/mol. The molecule has 1 saturated carbocycles. The number of rotatable bonds is 10. The molecule has 13 heteroatoms. The van der Waals surface area contributed by atoms with Gasteiger partial charge in [-0.3, -0.25) is 14.4 Å². The molecule has 0 spiro atoms. The summed E-state index contributed by atoms with van der Waals surface area (Å²) >= 11 is 14.1. The van der Waals surface area contributed by atoms with Crippen LogP contribution >= 0.6 is 35.0 Å². The van der Waals surface area contributed by atoms with Gasteiger partial charge in [-0.25, -0.2) is 0 Å². The first-order valence-electron chi connectivity index (χ1n) is 12.8. The Kier molecular flexibility index (Phi) is 9.58. The fourth-order valence-corrected chi connectivity index (χ4v) is 5.02. The van der Waals surface area contributed by atoms with Crippen molar-refractivity contribution in [2.75, 3.05) is 11.1 Å². The Hall–Kier alpha value is -3.59. The van der Waals surface area contributed by atoms with Gasteiger partial charge < -0.3 is 15.7 Å². The molecule has 214 valence electrons. The van der Waals surface area contributed by atoms with Crippen molar-refractivity contribution in [3.8, 4) is 17.5 Å². The lowest BCUT2D eigenvalue weighted by atomic mass is 10.0. The monoisotopic (exact) mass is 614 g/mol. The van der Waals surface area contributed by atoms with Crippen molar-refractivity contribution in [3.63, 3.8) is 0 Å². The summed E-state index contributed by atoms with van der Waals surface area (Å²) in [5.74, 6) is 4.09. The zero-order chi connectivity index (χ0) is 29.7. The predicted octanol–water partition coefficient (Wildman–Crippen LogP) is 4.93. The number of aliphatic carboxylic acids is 1. The molecule has 1 aliphatic rings. The highest BCUT2D eigenvalue weighted by Gasteiger charge is 2.25. The van der Waals surface area contributed by atoms with Gasteiger partial charge in [-0.05, 0) is 78.9 Å². The van der Waals surface area contributed by atoms with Crippen molar-refractivity contribution < 1.29 is 19.5 Å². The second-order valence-electron chi connectivity index (χ2n) is 10.3. The normalized spacial score (nSPS) is 13.6. The largest absolute Gasteiger partial charge is 0.481 e. The van der Waals surface area contributed by atoms with Crippen LogP contribution in [0.3, 0.4) is 0 Å². The first-order valence-corrected chi connectivity index (χ1v) is 14.5. The number of nitrogens with one attached hydrogen (secondary N) is 2. The molecule has 1 fully saturated rings. The maximum absolute atomic E-state index is 12.7. The van der Waals surface area contributed by atoms with Crippen LogP contribution in [0.5, 0.6) is 0 Å². The molecule has 3 N–H and O–H groups in total. The Labute approximate surface area is 251 Å². The zero-order valence-electron chi connectivity index (χ0n) is 22.6. The van der Waals surface area contributed by atoms with Gasteiger partial charge in [-0.15, -0.1) is 5.10 Å². The van der Waals surface area contributed by atoms with Crippen LogP contribution in [0.15, 0.2) is 41.6 Å². The number of anilines is 1. The standard InChI is InChI=1S/C28H28Cl2N6O4S/c1-16(12-25(38)39)26(40)32-28(2,3)11-10-17-4-8-22(20(29)13-17)31-24(37)15-41-27-33-34-35-36(27)23-9-7-19(14-21(23)30)18-5-6-18/h4,7-9,13-14,16,18H,5-6,12,15H2,1-3H3,(H,31,37)(H,32,40)(H,38,39)/t16-/m1/s1. The Balaban J connectivity index is 1.34. The quantitative estimate of drug-likeness (QED) is 0.216. The van der Waals surface area contributed by atoms with Gasteiger partial charge in [0, 0.05) is 11.5 Å². The average Bonchev–Trinajstić information content (AvgIpc) is 3.65. The van der Waals surface area contributed by atoms with E-state index in [0.717, 1.165) is 11.8 Å². The molecule has 2 aromatic carbocycles. The zero-order valence-corrected chi connectivity index (χ0v) is 24.9. The molecule has 2 amide bonds. The number of aromatic nitrogens is 4. The van der Waals surface area contributed by atoms with Gasteiger partial charge in [0.2, 0.25) is 17.0 Å². The van der Waals surface area contributed by atoms with Crippen molar-refractivity contribution in [2.45, 2.75) is 56.6 Å². The molecule has 3 aromatic rings. The highest BCUT2D eigenvalue weighted by atomic mass is 35.5. The number of carboxylic acid groups (broad SMARTS) is 1. The molecule has 1 heterocycles. The van der Waals surface area contributed by atoms with Crippen molar-refractivity contribution in [1.82, 2.24) is 25.5 Å². The summed E-state index contributed by atoms with van der Waals surface area (Å²) in [4.78, 5) is 35.8. The molecule has 0 aliphatic heterocycles. The van der Waals surface area contributed by atoms with E-state index in [2.05, 4.69) is 38.0 Å². The van der Waals surface area contributed by atoms with Gasteiger partial charge >= 0.3 is 5.97 Å². The minimum absolute atomic E-state index is 0.0320. The number of hydrogen-bond donors (Lipinski definition) is 3. The van der Waals surface area contributed by atoms with Crippen molar-refractivity contribution in [2.24, 2.45) is 5.92 Å². The van der Waals surface area contributed by atoms with Crippen LogP contribution in [-0.4, -0.2) is 54.4 Å². The highest BCUT2D eigenvalue weighted by Crippen LogP contribution is 2.41. The van der Waals surface area contributed by atoms with E-state index in [4.69, 9.17) is 28.3 Å². The minimum atomic E-state index is -1.05. The lowest BCUT2D eigenvalue weighted by Crippen LogP contribution is -2.45. The molecule has 41 heavy (non-hydrogen) atoms. The number of thioether (sulfide) groups is 1. The summed E-state index contributed by atoms with van der Waals surface area (Å²) in [5.41, 5.74) is 1.93. The van der Waals surface area contributed by atoms with E-state index in [1.54, 1.807) is 39.0 Å². The van der Waals surface area contributed by atoms with E-state index >= 15 is 0 Å². The van der Waals surface area contributed by atoms with E-state index in [1.165, 1.54) is 23.1 Å². The number of carbonyl (C=O) groups is 3. The molecule has 0 radical (unpaired) electrons. The van der Waals surface area contributed by atoms with Crippen LogP contribution in [0, 0.1) is 17.8 Å². The summed E-state index contributed by atoms with van der Waals surface area (Å²) in [6.07, 6.45) is 2.08. The number of amides is 2. The van der Waals surface area contributed by atoms with E-state index in [9.17, 15) is 14.4 Å². The van der Waals surface area contributed by atoms with Crippen LogP contribution in [0.4, 0.5) is 5.69 Å². The summed E-state index contributed by atoms with van der Waals surface area (Å²) in [5, 5.41) is 27.5. The smallest absolute Gasteiger partial charge is 0.304 e. The fraction of sp³-hybridized carbons (Fsp3) is 0.357. The SMILES string of the molecule is C[C@H](CC(=O)O)C(=O)NC(C)(C)C#Cc1ccc(NC(=O)CSc2nnnn2-c2ccc(C3CC3)cc2Cl)c(Cl)c1. The molecule has 4 rings (SSSR count). The summed E-state index contributed by atoms with van der Waals surface area (Å²) in [7, 11) is 0. The Morgan fingerprint density at radius 1 is 1.17 bits per heavy atom. The summed E-state index contributed by atoms with van der Waals surface area (Å²) in [6.45, 7) is 4.97. The van der Waals surface area contributed by atoms with Crippen molar-refractivity contribution in [3.05, 3.63) is 57.6 Å². The van der Waals surface area contributed by atoms with E-state index in [-0.39, 0.29) is 18.1 Å². The third-order valence-corrected chi connectivity index (χ3v) is 7.68. The number of halogens is 2. The Bertz CT molecular complexity index is 1540. The summed E-state index contributed by atoms with van der Waals surface area (Å²) in [6, 6.07) is 10.8. The van der Waals surface area contributed by atoms with E-state index in [1.807, 2.05) is 18.2 Å². The minimum Gasteiger partial charge on any atom is -0.481 e. The third-order valence-electron chi connectivity index (χ3n) is 6.15. The van der Waals surface area contributed by atoms with Gasteiger partial charge in [-0.2, -0.15) is 4.68 Å². The van der Waals surface area contributed by atoms with Crippen LogP contribution in [0.1, 0.15) is 57.1 Å². The van der Waals surface area contributed by atoms with Crippen molar-refractivity contribution >= 4 is 58.4 Å². The number of benzene rings is 2. The maximum Gasteiger partial charge on any atom is 0.304 e. The first-order chi connectivity index (χ1) is 19.4. The second-order valence-corrected chi connectivity index (χ2v) is 12.0. The van der Waals surface area contributed by atoms with E-state index < -0.39 is 23.3 Å². The molecule has 1 atom stereocenters. The van der Waals surface area contributed by atoms with Gasteiger partial charge in [0.05, 0.1) is 39.1 Å². The van der Waals surface area contributed by atoms with Crippen LogP contribution < -0.4 is 10.6 Å². The molecule has 1 aromatic heterocycles. The highest BCUT2D eigenvalue weighted by molar-refractivity contribution is 7.99. The molecule has 0 unspecified atom stereocenters. The number of nitrogens with zero attached hydrogens (tertiary/aromatic N) is 4. The summed E-state index contributed by atoms with van der Waals surface area (Å²) < 4.78 is 1.51. The van der Waals surface area contributed by atoms with Gasteiger partial charge in [-0.1, -0.05) is 59.8 Å². The number of carbonyl (C=O) groups excluding carboxylic acids is 2. The van der Waals surface area contributed by atoms with Crippen LogP contribution in [-0.2, 0) is 14.4 Å². The second kappa shape index (κ2) is 12.9. The lowest BCUT2D eigenvalue weighted by molar-refractivity contribution is -0.141. The Morgan fingerprint density at radius 3 is 2.59 bits per heavy atom.